The zero-order chi connectivity index (χ0) is 12.9. The maximum Gasteiger partial charge on any atom is 0.315 e. The van der Waals surface area contributed by atoms with Crippen molar-refractivity contribution in [2.24, 2.45) is 0 Å². The zero-order valence-corrected chi connectivity index (χ0v) is 10.7. The largest absolute Gasteiger partial charge is 0.395 e. The first kappa shape index (κ1) is 13.8. The summed E-state index contributed by atoms with van der Waals surface area (Å²) in [5.74, 6) is 0. The van der Waals surface area contributed by atoms with Crippen LogP contribution in [0, 0.1) is 0 Å². The number of hydrogen-bond donors (Lipinski definition) is 3. The van der Waals surface area contributed by atoms with Gasteiger partial charge >= 0.3 is 6.03 Å². The van der Waals surface area contributed by atoms with Crippen LogP contribution in [0.4, 0.5) is 4.79 Å². The van der Waals surface area contributed by atoms with Crippen LogP contribution in [-0.2, 0) is 5.54 Å². The number of amides is 2. The van der Waals surface area contributed by atoms with E-state index in [1.54, 1.807) is 12.1 Å². The van der Waals surface area contributed by atoms with Crippen LogP contribution < -0.4 is 10.6 Å². The number of hydrogen-bond acceptors (Lipinski definition) is 2. The van der Waals surface area contributed by atoms with E-state index < -0.39 is 5.54 Å². The molecule has 1 aromatic carbocycles. The lowest BCUT2D eigenvalue weighted by molar-refractivity contribution is 0.224. The van der Waals surface area contributed by atoms with Crippen molar-refractivity contribution < 1.29 is 9.90 Å². The van der Waals surface area contributed by atoms with Gasteiger partial charge in [0.15, 0.2) is 0 Å². The van der Waals surface area contributed by atoms with E-state index in [0.717, 1.165) is 5.56 Å². The molecule has 0 atom stereocenters. The minimum atomic E-state index is -0.496. The molecule has 0 saturated carbocycles. The molecule has 1 rings (SSSR count). The Hall–Kier alpha value is -1.26. The lowest BCUT2D eigenvalue weighted by Crippen LogP contribution is -2.47. The highest BCUT2D eigenvalue weighted by Crippen LogP contribution is 2.21. The molecule has 0 aliphatic heterocycles. The van der Waals surface area contributed by atoms with Gasteiger partial charge in [0.1, 0.15) is 0 Å². The van der Waals surface area contributed by atoms with E-state index in [0.29, 0.717) is 5.02 Å². The van der Waals surface area contributed by atoms with Gasteiger partial charge in [0.2, 0.25) is 0 Å². The van der Waals surface area contributed by atoms with Gasteiger partial charge in [-0.2, -0.15) is 0 Å². The Balaban J connectivity index is 2.67. The van der Waals surface area contributed by atoms with Gasteiger partial charge in [0.05, 0.1) is 12.1 Å². The van der Waals surface area contributed by atoms with E-state index >= 15 is 0 Å². The molecule has 0 aromatic heterocycles. The van der Waals surface area contributed by atoms with Crippen molar-refractivity contribution in [3.63, 3.8) is 0 Å². The fraction of sp³-hybridized carbons (Fsp3) is 0.417. The number of aliphatic hydroxyl groups is 1. The predicted octanol–water partition coefficient (Wildman–Crippen LogP) is 1.87. The molecule has 0 fully saturated rings. The second kappa shape index (κ2) is 5.89. The molecule has 17 heavy (non-hydrogen) atoms. The second-order valence-corrected chi connectivity index (χ2v) is 4.67. The highest BCUT2D eigenvalue weighted by atomic mass is 35.5. The van der Waals surface area contributed by atoms with Gasteiger partial charge in [-0.1, -0.05) is 23.7 Å². The summed E-state index contributed by atoms with van der Waals surface area (Å²) in [7, 11) is 0. The summed E-state index contributed by atoms with van der Waals surface area (Å²) < 4.78 is 0. The van der Waals surface area contributed by atoms with Crippen LogP contribution in [0.15, 0.2) is 24.3 Å². The van der Waals surface area contributed by atoms with E-state index in [1.807, 2.05) is 26.0 Å². The molecule has 2 amide bonds. The summed E-state index contributed by atoms with van der Waals surface area (Å²) in [6, 6.07) is 7.00. The number of benzene rings is 1. The van der Waals surface area contributed by atoms with Crippen LogP contribution in [0.1, 0.15) is 19.4 Å². The number of halogens is 1. The molecular formula is C12H17ClN2O2. The van der Waals surface area contributed by atoms with E-state index in [2.05, 4.69) is 10.6 Å². The molecule has 5 heteroatoms. The lowest BCUT2D eigenvalue weighted by atomic mass is 9.94. The van der Waals surface area contributed by atoms with Crippen molar-refractivity contribution >= 4 is 17.6 Å². The molecule has 0 unspecified atom stereocenters. The normalized spacial score (nSPS) is 11.1. The Kier molecular flexibility index (Phi) is 4.78. The van der Waals surface area contributed by atoms with Crippen molar-refractivity contribution in [1.29, 1.82) is 0 Å². The SMILES string of the molecule is CC(C)(NC(=O)NCCO)c1ccc(Cl)cc1. The van der Waals surface area contributed by atoms with Gasteiger partial charge in [0, 0.05) is 11.6 Å². The maximum atomic E-state index is 11.5. The fourth-order valence-electron chi connectivity index (χ4n) is 1.44. The lowest BCUT2D eigenvalue weighted by Gasteiger charge is -2.27. The Labute approximate surface area is 106 Å². The topological polar surface area (TPSA) is 61.4 Å². The van der Waals surface area contributed by atoms with Gasteiger partial charge in [-0.3, -0.25) is 0 Å². The van der Waals surface area contributed by atoms with Gasteiger partial charge in [-0.15, -0.1) is 0 Å². The van der Waals surface area contributed by atoms with Crippen LogP contribution in [-0.4, -0.2) is 24.3 Å². The molecule has 4 nitrogen and oxygen atoms in total. The van der Waals surface area contributed by atoms with Gasteiger partial charge in [-0.05, 0) is 31.5 Å². The Morgan fingerprint density at radius 1 is 1.35 bits per heavy atom. The van der Waals surface area contributed by atoms with Gasteiger partial charge < -0.3 is 15.7 Å². The molecule has 0 saturated heterocycles. The van der Waals surface area contributed by atoms with Crippen LogP contribution in [0.3, 0.4) is 0 Å². The highest BCUT2D eigenvalue weighted by molar-refractivity contribution is 6.30. The molecule has 3 N–H and O–H groups in total. The summed E-state index contributed by atoms with van der Waals surface area (Å²) >= 11 is 5.81. The summed E-state index contributed by atoms with van der Waals surface area (Å²) in [5, 5.41) is 14.6. The summed E-state index contributed by atoms with van der Waals surface area (Å²) in [6.45, 7) is 3.96. The van der Waals surface area contributed by atoms with E-state index in [-0.39, 0.29) is 19.2 Å². The average molecular weight is 257 g/mol. The minimum Gasteiger partial charge on any atom is -0.395 e. The highest BCUT2D eigenvalue weighted by Gasteiger charge is 2.22. The third-order valence-corrected chi connectivity index (χ3v) is 2.64. The van der Waals surface area contributed by atoms with Crippen molar-refractivity contribution in [3.05, 3.63) is 34.9 Å². The number of aliphatic hydroxyl groups excluding tert-OH is 1. The molecule has 94 valence electrons. The van der Waals surface area contributed by atoms with Crippen LogP contribution >= 0.6 is 11.6 Å². The van der Waals surface area contributed by atoms with Crippen molar-refractivity contribution in [3.8, 4) is 0 Å². The van der Waals surface area contributed by atoms with E-state index in [4.69, 9.17) is 16.7 Å². The molecule has 0 aliphatic carbocycles. The minimum absolute atomic E-state index is 0.0746. The molecular weight excluding hydrogens is 240 g/mol. The van der Waals surface area contributed by atoms with E-state index in [9.17, 15) is 4.79 Å². The monoisotopic (exact) mass is 256 g/mol. The smallest absolute Gasteiger partial charge is 0.315 e. The van der Waals surface area contributed by atoms with E-state index in [1.165, 1.54) is 0 Å². The molecule has 1 aromatic rings. The maximum absolute atomic E-state index is 11.5. The molecule has 0 aliphatic rings. The second-order valence-electron chi connectivity index (χ2n) is 4.24. The third kappa shape index (κ3) is 4.24. The molecule has 0 bridgehead atoms. The number of urea groups is 1. The first-order chi connectivity index (χ1) is 7.95. The quantitative estimate of drug-likeness (QED) is 0.770. The van der Waals surface area contributed by atoms with Crippen molar-refractivity contribution in [2.45, 2.75) is 19.4 Å². The van der Waals surface area contributed by atoms with Crippen LogP contribution in [0.25, 0.3) is 0 Å². The summed E-state index contributed by atoms with van der Waals surface area (Å²) in [4.78, 5) is 11.5. The third-order valence-electron chi connectivity index (χ3n) is 2.39. The first-order valence-electron chi connectivity index (χ1n) is 5.38. The first-order valence-corrected chi connectivity index (χ1v) is 5.76. The van der Waals surface area contributed by atoms with Crippen LogP contribution in [0.2, 0.25) is 5.02 Å². The predicted molar refractivity (Wildman–Crippen MR) is 68.1 cm³/mol. The standard InChI is InChI=1S/C12H17ClN2O2/c1-12(2,15-11(17)14-7-8-16)9-3-5-10(13)6-4-9/h3-6,16H,7-8H2,1-2H3,(H2,14,15,17). The Morgan fingerprint density at radius 3 is 2.47 bits per heavy atom. The van der Waals surface area contributed by atoms with Gasteiger partial charge in [-0.25, -0.2) is 4.79 Å². The number of nitrogens with one attached hydrogen (secondary N) is 2. The zero-order valence-electron chi connectivity index (χ0n) is 9.96. The number of carbonyl (C=O) groups excluding carboxylic acids is 1. The van der Waals surface area contributed by atoms with Crippen molar-refractivity contribution in [2.75, 3.05) is 13.2 Å². The average Bonchev–Trinajstić information content (AvgIpc) is 2.26. The molecule has 0 spiro atoms. The Bertz CT molecular complexity index is 377. The molecule has 0 radical (unpaired) electrons. The summed E-state index contributed by atoms with van der Waals surface area (Å²) in [5.41, 5.74) is 0.463. The fourth-order valence-corrected chi connectivity index (χ4v) is 1.56. The van der Waals surface area contributed by atoms with Crippen molar-refractivity contribution in [1.82, 2.24) is 10.6 Å². The van der Waals surface area contributed by atoms with Crippen LogP contribution in [0.5, 0.6) is 0 Å². The Morgan fingerprint density at radius 2 is 1.94 bits per heavy atom. The molecule has 0 heterocycles. The van der Waals surface area contributed by atoms with Gasteiger partial charge in [0.25, 0.3) is 0 Å². The summed E-state index contributed by atoms with van der Waals surface area (Å²) in [6.07, 6.45) is 0. The number of rotatable bonds is 4. The number of carbonyl (C=O) groups is 1.